The summed E-state index contributed by atoms with van der Waals surface area (Å²) in [6.45, 7) is 3.63. The minimum atomic E-state index is 0.423. The van der Waals surface area contributed by atoms with E-state index in [1.165, 1.54) is 5.56 Å². The molecule has 130 valence electrons. The third-order valence-corrected chi connectivity index (χ3v) is 4.59. The lowest BCUT2D eigenvalue weighted by atomic mass is 10.0. The number of ether oxygens (including phenoxy) is 1. The molecule has 0 spiro atoms. The van der Waals surface area contributed by atoms with E-state index in [0.717, 1.165) is 24.3 Å². The van der Waals surface area contributed by atoms with Gasteiger partial charge in [-0.2, -0.15) is 0 Å². The maximum atomic E-state index is 6.17. The van der Waals surface area contributed by atoms with Gasteiger partial charge >= 0.3 is 0 Å². The van der Waals surface area contributed by atoms with Gasteiger partial charge < -0.3 is 9.30 Å². The van der Waals surface area contributed by atoms with Crippen molar-refractivity contribution in [1.82, 2.24) is 9.55 Å². The van der Waals surface area contributed by atoms with Crippen LogP contribution in [-0.2, 0) is 19.6 Å². The summed E-state index contributed by atoms with van der Waals surface area (Å²) in [7, 11) is 0. The number of nitrogens with zero attached hydrogens (tertiary/aromatic N) is 2. The number of aromatic nitrogens is 2. The van der Waals surface area contributed by atoms with E-state index in [0.29, 0.717) is 22.6 Å². The largest absolute Gasteiger partial charge is 0.489 e. The predicted molar refractivity (Wildman–Crippen MR) is 102 cm³/mol. The Bertz CT molecular complexity index is 801. The summed E-state index contributed by atoms with van der Waals surface area (Å²) in [5.74, 6) is 1.37. The lowest BCUT2D eigenvalue weighted by Crippen LogP contribution is -2.08. The molecule has 5 heteroatoms. The Kier molecular flexibility index (Phi) is 6.00. The lowest BCUT2D eigenvalue weighted by molar-refractivity contribution is 0.306. The highest BCUT2D eigenvalue weighted by Gasteiger charge is 2.06. The molecular weight excluding hydrogens is 355 g/mol. The van der Waals surface area contributed by atoms with Crippen LogP contribution in [0, 0.1) is 5.92 Å². The molecule has 1 atom stereocenters. The highest BCUT2D eigenvalue weighted by atomic mass is 35.5. The highest BCUT2D eigenvalue weighted by molar-refractivity contribution is 6.35. The molecule has 0 bridgehead atoms. The molecule has 0 saturated heterocycles. The first kappa shape index (κ1) is 17.8. The first-order valence-corrected chi connectivity index (χ1v) is 8.97. The smallest absolute Gasteiger partial charge is 0.119 e. The van der Waals surface area contributed by atoms with Crippen molar-refractivity contribution < 1.29 is 4.74 Å². The van der Waals surface area contributed by atoms with Gasteiger partial charge in [-0.15, -0.1) is 0 Å². The summed E-state index contributed by atoms with van der Waals surface area (Å²) in [4.78, 5) is 4.08. The maximum Gasteiger partial charge on any atom is 0.119 e. The molecule has 1 heterocycles. The van der Waals surface area contributed by atoms with Gasteiger partial charge in [0.15, 0.2) is 0 Å². The molecule has 0 amide bonds. The van der Waals surface area contributed by atoms with E-state index in [1.54, 1.807) is 6.07 Å². The zero-order valence-electron chi connectivity index (χ0n) is 14.0. The Morgan fingerprint density at radius 3 is 2.60 bits per heavy atom. The van der Waals surface area contributed by atoms with Crippen LogP contribution in [0.1, 0.15) is 18.1 Å². The molecule has 1 unspecified atom stereocenters. The summed E-state index contributed by atoms with van der Waals surface area (Å²) in [6, 6.07) is 13.7. The number of benzene rings is 2. The van der Waals surface area contributed by atoms with Crippen LogP contribution in [0.3, 0.4) is 0 Å². The molecule has 0 N–H and O–H groups in total. The minimum absolute atomic E-state index is 0.423. The fourth-order valence-corrected chi connectivity index (χ4v) is 3.21. The Morgan fingerprint density at radius 1 is 1.12 bits per heavy atom. The van der Waals surface area contributed by atoms with Crippen LogP contribution in [0.15, 0.2) is 61.2 Å². The van der Waals surface area contributed by atoms with Gasteiger partial charge in [0.1, 0.15) is 12.4 Å². The molecule has 1 aromatic heterocycles. The van der Waals surface area contributed by atoms with Crippen molar-refractivity contribution in [3.05, 3.63) is 82.4 Å². The summed E-state index contributed by atoms with van der Waals surface area (Å²) < 4.78 is 7.93. The van der Waals surface area contributed by atoms with Gasteiger partial charge in [-0.05, 0) is 42.2 Å². The number of halogens is 2. The van der Waals surface area contributed by atoms with Gasteiger partial charge in [-0.25, -0.2) is 4.98 Å². The number of rotatable bonds is 7. The van der Waals surface area contributed by atoms with Crippen molar-refractivity contribution >= 4 is 23.2 Å². The second-order valence-corrected chi connectivity index (χ2v) is 7.08. The maximum absolute atomic E-state index is 6.17. The van der Waals surface area contributed by atoms with E-state index in [4.69, 9.17) is 27.9 Å². The van der Waals surface area contributed by atoms with E-state index in [-0.39, 0.29) is 0 Å². The predicted octanol–water partition coefficient (Wildman–Crippen LogP) is 5.65. The van der Waals surface area contributed by atoms with Crippen molar-refractivity contribution in [3.8, 4) is 5.75 Å². The summed E-state index contributed by atoms with van der Waals surface area (Å²) in [5.41, 5.74) is 2.22. The average molecular weight is 375 g/mol. The fraction of sp³-hybridized carbons (Fsp3) is 0.250. The van der Waals surface area contributed by atoms with Crippen LogP contribution >= 0.6 is 23.2 Å². The molecule has 0 aliphatic rings. The molecule has 0 radical (unpaired) electrons. The van der Waals surface area contributed by atoms with Gasteiger partial charge in [-0.3, -0.25) is 0 Å². The first-order valence-electron chi connectivity index (χ1n) is 8.21. The fourth-order valence-electron chi connectivity index (χ4n) is 2.74. The van der Waals surface area contributed by atoms with Crippen molar-refractivity contribution in [2.45, 2.75) is 26.5 Å². The van der Waals surface area contributed by atoms with E-state index >= 15 is 0 Å². The standard InChI is InChI=1S/C20H20Cl2N2O/c1-15(12-24-9-8-23-14-24)10-16-2-6-19(7-3-16)25-13-17-4-5-18(21)11-20(17)22/h2-9,11,14-15H,10,12-13H2,1H3. The number of imidazole rings is 1. The van der Waals surface area contributed by atoms with Gasteiger partial charge in [-0.1, -0.05) is 48.3 Å². The summed E-state index contributed by atoms with van der Waals surface area (Å²) >= 11 is 12.1. The molecule has 3 rings (SSSR count). The van der Waals surface area contributed by atoms with Crippen LogP contribution in [0.5, 0.6) is 5.75 Å². The third kappa shape index (κ3) is 5.25. The van der Waals surface area contributed by atoms with Crippen LogP contribution in [0.25, 0.3) is 0 Å². The van der Waals surface area contributed by atoms with Crippen molar-refractivity contribution in [3.63, 3.8) is 0 Å². The van der Waals surface area contributed by atoms with Gasteiger partial charge in [0.25, 0.3) is 0 Å². The third-order valence-electron chi connectivity index (χ3n) is 4.00. The zero-order valence-corrected chi connectivity index (χ0v) is 15.5. The quantitative estimate of drug-likeness (QED) is 0.534. The van der Waals surface area contributed by atoms with Crippen LogP contribution < -0.4 is 4.74 Å². The van der Waals surface area contributed by atoms with Crippen LogP contribution in [-0.4, -0.2) is 9.55 Å². The second-order valence-electron chi connectivity index (χ2n) is 6.24. The van der Waals surface area contributed by atoms with E-state index in [2.05, 4.69) is 28.6 Å². The highest BCUT2D eigenvalue weighted by Crippen LogP contribution is 2.23. The number of hydrogen-bond acceptors (Lipinski definition) is 2. The first-order chi connectivity index (χ1) is 12.1. The second kappa shape index (κ2) is 8.41. The van der Waals surface area contributed by atoms with Crippen LogP contribution in [0.2, 0.25) is 10.0 Å². The van der Waals surface area contributed by atoms with E-state index < -0.39 is 0 Å². The van der Waals surface area contributed by atoms with E-state index in [1.807, 2.05) is 43.0 Å². The van der Waals surface area contributed by atoms with Crippen molar-refractivity contribution in [1.29, 1.82) is 0 Å². The summed E-state index contributed by atoms with van der Waals surface area (Å²) in [5, 5.41) is 1.25. The van der Waals surface area contributed by atoms with E-state index in [9.17, 15) is 0 Å². The molecule has 3 aromatic rings. The summed E-state index contributed by atoms with van der Waals surface area (Å²) in [6.07, 6.45) is 6.68. The Hall–Kier alpha value is -1.97. The minimum Gasteiger partial charge on any atom is -0.489 e. The topological polar surface area (TPSA) is 27.1 Å². The normalized spacial score (nSPS) is 12.1. The Labute approximate surface area is 158 Å². The monoisotopic (exact) mass is 374 g/mol. The zero-order chi connectivity index (χ0) is 17.6. The molecule has 2 aromatic carbocycles. The van der Waals surface area contributed by atoms with Crippen LogP contribution in [0.4, 0.5) is 0 Å². The molecule has 3 nitrogen and oxygen atoms in total. The molecule has 0 saturated carbocycles. The molecular formula is C20H20Cl2N2O. The molecule has 25 heavy (non-hydrogen) atoms. The van der Waals surface area contributed by atoms with Crippen molar-refractivity contribution in [2.24, 2.45) is 5.92 Å². The Morgan fingerprint density at radius 2 is 1.92 bits per heavy atom. The molecule has 0 aliphatic carbocycles. The molecule has 0 aliphatic heterocycles. The Balaban J connectivity index is 1.53. The van der Waals surface area contributed by atoms with Crippen molar-refractivity contribution in [2.75, 3.05) is 0 Å². The van der Waals surface area contributed by atoms with Gasteiger partial charge in [0.2, 0.25) is 0 Å². The number of hydrogen-bond donors (Lipinski definition) is 0. The SMILES string of the molecule is CC(Cc1ccc(OCc2ccc(Cl)cc2Cl)cc1)Cn1ccnc1. The van der Waals surface area contributed by atoms with Gasteiger partial charge in [0.05, 0.1) is 6.33 Å². The lowest BCUT2D eigenvalue weighted by Gasteiger charge is -2.13. The molecule has 0 fully saturated rings. The van der Waals surface area contributed by atoms with Gasteiger partial charge in [0, 0.05) is 34.5 Å². The average Bonchev–Trinajstić information content (AvgIpc) is 3.08.